The molecule has 1 N–H and O–H groups in total. The maximum Gasteiger partial charge on any atom is 0.326 e. The van der Waals surface area contributed by atoms with Crippen LogP contribution >= 0.6 is 11.6 Å². The quantitative estimate of drug-likeness (QED) is 0.815. The highest BCUT2D eigenvalue weighted by Crippen LogP contribution is 2.24. The standard InChI is InChI=1S/C11H11ClN2O2/c1-3-8(15)6-4-5-7(12)9-10(6)14(2)11(16)13-9/h4-5H,3H2,1-2H3,(H,13,16). The first kappa shape index (κ1) is 11.0. The summed E-state index contributed by atoms with van der Waals surface area (Å²) in [6, 6.07) is 3.28. The molecule has 1 aromatic heterocycles. The molecule has 0 saturated heterocycles. The van der Waals surface area contributed by atoms with Gasteiger partial charge in [0.25, 0.3) is 0 Å². The number of aromatic amines is 1. The number of aryl methyl sites for hydroxylation is 1. The summed E-state index contributed by atoms with van der Waals surface area (Å²) >= 11 is 5.97. The largest absolute Gasteiger partial charge is 0.326 e. The van der Waals surface area contributed by atoms with E-state index in [0.29, 0.717) is 28.0 Å². The van der Waals surface area contributed by atoms with Gasteiger partial charge in [-0.25, -0.2) is 4.79 Å². The van der Waals surface area contributed by atoms with Crippen molar-refractivity contribution in [3.05, 3.63) is 33.2 Å². The number of aromatic nitrogens is 2. The van der Waals surface area contributed by atoms with E-state index in [2.05, 4.69) is 4.98 Å². The molecule has 0 atom stereocenters. The lowest BCUT2D eigenvalue weighted by molar-refractivity contribution is 0.0989. The fourth-order valence-electron chi connectivity index (χ4n) is 1.74. The van der Waals surface area contributed by atoms with Crippen molar-refractivity contribution in [3.8, 4) is 0 Å². The molecule has 5 heteroatoms. The highest BCUT2D eigenvalue weighted by molar-refractivity contribution is 6.35. The Morgan fingerprint density at radius 2 is 2.19 bits per heavy atom. The zero-order valence-corrected chi connectivity index (χ0v) is 9.76. The Labute approximate surface area is 96.8 Å². The van der Waals surface area contributed by atoms with Gasteiger partial charge in [0.2, 0.25) is 0 Å². The second kappa shape index (κ2) is 3.79. The lowest BCUT2D eigenvalue weighted by atomic mass is 10.1. The maximum absolute atomic E-state index is 11.7. The van der Waals surface area contributed by atoms with Crippen LogP contribution in [0.15, 0.2) is 16.9 Å². The first-order chi connectivity index (χ1) is 7.56. The number of benzene rings is 1. The molecule has 0 radical (unpaired) electrons. The van der Waals surface area contributed by atoms with E-state index in [-0.39, 0.29) is 11.5 Å². The SMILES string of the molecule is CCC(=O)c1ccc(Cl)c2[nH]c(=O)n(C)c12. The third kappa shape index (κ3) is 1.46. The third-order valence-corrected chi connectivity index (χ3v) is 2.94. The number of ketones is 1. The second-order valence-electron chi connectivity index (χ2n) is 3.58. The van der Waals surface area contributed by atoms with Crippen LogP contribution in [0.25, 0.3) is 11.0 Å². The fraction of sp³-hybridized carbons (Fsp3) is 0.273. The van der Waals surface area contributed by atoms with Crippen molar-refractivity contribution in [2.75, 3.05) is 0 Å². The number of carbonyl (C=O) groups is 1. The Hall–Kier alpha value is -1.55. The Bertz CT molecular complexity index is 625. The Morgan fingerprint density at radius 3 is 2.81 bits per heavy atom. The number of imidazole rings is 1. The van der Waals surface area contributed by atoms with E-state index >= 15 is 0 Å². The monoisotopic (exact) mass is 238 g/mol. The summed E-state index contributed by atoms with van der Waals surface area (Å²) in [4.78, 5) is 25.9. The van der Waals surface area contributed by atoms with Crippen LogP contribution < -0.4 is 5.69 Å². The van der Waals surface area contributed by atoms with Crippen molar-refractivity contribution in [1.82, 2.24) is 9.55 Å². The number of Topliss-reactive ketones (excluding diaryl/α,β-unsaturated/α-hetero) is 1. The summed E-state index contributed by atoms with van der Waals surface area (Å²) < 4.78 is 1.41. The smallest absolute Gasteiger partial charge is 0.304 e. The number of nitrogens with one attached hydrogen (secondary N) is 1. The van der Waals surface area contributed by atoms with Gasteiger partial charge in [0.05, 0.1) is 16.1 Å². The molecular formula is C11H11ClN2O2. The van der Waals surface area contributed by atoms with Crippen molar-refractivity contribution in [1.29, 1.82) is 0 Å². The highest BCUT2D eigenvalue weighted by atomic mass is 35.5. The van der Waals surface area contributed by atoms with E-state index < -0.39 is 0 Å². The number of rotatable bonds is 2. The average Bonchev–Trinajstić information content (AvgIpc) is 2.57. The summed E-state index contributed by atoms with van der Waals surface area (Å²) in [5.74, 6) is -0.00346. The molecule has 2 rings (SSSR count). The Balaban J connectivity index is 2.92. The van der Waals surface area contributed by atoms with Gasteiger partial charge < -0.3 is 4.98 Å². The molecule has 0 aliphatic carbocycles. The van der Waals surface area contributed by atoms with E-state index in [1.54, 1.807) is 26.1 Å². The van der Waals surface area contributed by atoms with Gasteiger partial charge in [0.1, 0.15) is 0 Å². The molecule has 0 saturated carbocycles. The first-order valence-corrected chi connectivity index (χ1v) is 5.34. The zero-order chi connectivity index (χ0) is 11.9. The van der Waals surface area contributed by atoms with Crippen LogP contribution in [0, 0.1) is 0 Å². The molecule has 1 heterocycles. The molecule has 2 aromatic rings. The maximum atomic E-state index is 11.7. The highest BCUT2D eigenvalue weighted by Gasteiger charge is 2.15. The molecule has 16 heavy (non-hydrogen) atoms. The van der Waals surface area contributed by atoms with Gasteiger partial charge in [-0.3, -0.25) is 9.36 Å². The van der Waals surface area contributed by atoms with Crippen LogP contribution in [0.3, 0.4) is 0 Å². The molecule has 0 unspecified atom stereocenters. The molecule has 0 fully saturated rings. The number of halogens is 1. The summed E-state index contributed by atoms with van der Waals surface area (Å²) in [5, 5.41) is 0.445. The molecule has 0 bridgehead atoms. The van der Waals surface area contributed by atoms with Crippen LogP contribution in [0.4, 0.5) is 0 Å². The molecule has 0 amide bonds. The number of hydrogen-bond acceptors (Lipinski definition) is 2. The molecule has 0 aliphatic heterocycles. The van der Waals surface area contributed by atoms with Gasteiger partial charge in [-0.05, 0) is 12.1 Å². The van der Waals surface area contributed by atoms with Gasteiger partial charge >= 0.3 is 5.69 Å². The van der Waals surface area contributed by atoms with E-state index in [1.807, 2.05) is 0 Å². The lowest BCUT2D eigenvalue weighted by Crippen LogP contribution is -2.13. The van der Waals surface area contributed by atoms with Crippen molar-refractivity contribution in [2.45, 2.75) is 13.3 Å². The minimum absolute atomic E-state index is 0.00346. The van der Waals surface area contributed by atoms with E-state index in [4.69, 9.17) is 11.6 Å². The zero-order valence-electron chi connectivity index (χ0n) is 9.00. The van der Waals surface area contributed by atoms with Crippen molar-refractivity contribution >= 4 is 28.4 Å². The number of carbonyl (C=O) groups excluding carboxylic acids is 1. The normalized spacial score (nSPS) is 10.9. The summed E-state index contributed by atoms with van der Waals surface area (Å²) in [6.45, 7) is 1.79. The van der Waals surface area contributed by atoms with Crippen LogP contribution in [0.2, 0.25) is 5.02 Å². The van der Waals surface area contributed by atoms with E-state index in [9.17, 15) is 9.59 Å². The minimum atomic E-state index is -0.270. The topological polar surface area (TPSA) is 54.9 Å². The lowest BCUT2D eigenvalue weighted by Gasteiger charge is -2.03. The molecular weight excluding hydrogens is 228 g/mol. The predicted molar refractivity (Wildman–Crippen MR) is 63.2 cm³/mol. The van der Waals surface area contributed by atoms with Gasteiger partial charge in [0.15, 0.2) is 5.78 Å². The van der Waals surface area contributed by atoms with Gasteiger partial charge in [-0.15, -0.1) is 0 Å². The van der Waals surface area contributed by atoms with Crippen LogP contribution in [-0.2, 0) is 7.05 Å². The van der Waals surface area contributed by atoms with E-state index in [0.717, 1.165) is 0 Å². The second-order valence-corrected chi connectivity index (χ2v) is 3.99. The van der Waals surface area contributed by atoms with Gasteiger partial charge in [-0.1, -0.05) is 18.5 Å². The van der Waals surface area contributed by atoms with Crippen molar-refractivity contribution in [3.63, 3.8) is 0 Å². The van der Waals surface area contributed by atoms with Crippen LogP contribution in [0.1, 0.15) is 23.7 Å². The average molecular weight is 239 g/mol. The predicted octanol–water partition coefficient (Wildman–Crippen LogP) is 2.11. The van der Waals surface area contributed by atoms with Crippen molar-refractivity contribution in [2.24, 2.45) is 7.05 Å². The minimum Gasteiger partial charge on any atom is -0.304 e. The molecule has 1 aromatic carbocycles. The number of hydrogen-bond donors (Lipinski definition) is 1. The first-order valence-electron chi connectivity index (χ1n) is 4.96. The summed E-state index contributed by atoms with van der Waals surface area (Å²) in [7, 11) is 1.62. The number of nitrogens with zero attached hydrogens (tertiary/aromatic N) is 1. The van der Waals surface area contributed by atoms with Crippen LogP contribution in [0.5, 0.6) is 0 Å². The Morgan fingerprint density at radius 1 is 1.50 bits per heavy atom. The van der Waals surface area contributed by atoms with Gasteiger partial charge in [-0.2, -0.15) is 0 Å². The summed E-state index contributed by atoms with van der Waals surface area (Å²) in [5.41, 5.74) is 1.36. The molecule has 84 valence electrons. The summed E-state index contributed by atoms with van der Waals surface area (Å²) in [6.07, 6.45) is 0.399. The van der Waals surface area contributed by atoms with E-state index in [1.165, 1.54) is 4.57 Å². The van der Waals surface area contributed by atoms with Crippen LogP contribution in [-0.4, -0.2) is 15.3 Å². The molecule has 0 aliphatic rings. The third-order valence-electron chi connectivity index (χ3n) is 2.62. The van der Waals surface area contributed by atoms with Crippen molar-refractivity contribution < 1.29 is 4.79 Å². The number of H-pyrrole nitrogens is 1. The fourth-order valence-corrected chi connectivity index (χ4v) is 1.94. The Kier molecular flexibility index (Phi) is 2.59. The molecule has 0 spiro atoms. The molecule has 4 nitrogen and oxygen atoms in total. The number of fused-ring (bicyclic) bond motifs is 1. The van der Waals surface area contributed by atoms with Gasteiger partial charge in [0, 0.05) is 19.0 Å².